The molecule has 0 aliphatic heterocycles. The van der Waals surface area contributed by atoms with Crippen molar-refractivity contribution in [3.63, 3.8) is 0 Å². The second-order valence-electron chi connectivity index (χ2n) is 4.87. The lowest BCUT2D eigenvalue weighted by Gasteiger charge is -2.09. The second-order valence-corrected chi connectivity index (χ2v) is 5.31. The Bertz CT molecular complexity index is 558. The summed E-state index contributed by atoms with van der Waals surface area (Å²) in [6.07, 6.45) is 6.11. The van der Waals surface area contributed by atoms with Gasteiger partial charge in [0.05, 0.1) is 16.9 Å². The van der Waals surface area contributed by atoms with Crippen LogP contribution in [0.4, 0.5) is 0 Å². The van der Waals surface area contributed by atoms with Gasteiger partial charge in [0, 0.05) is 18.8 Å². The highest BCUT2D eigenvalue weighted by Gasteiger charge is 2.20. The van der Waals surface area contributed by atoms with Crippen LogP contribution in [0.5, 0.6) is 0 Å². The van der Waals surface area contributed by atoms with Gasteiger partial charge in [-0.05, 0) is 43.0 Å². The predicted molar refractivity (Wildman–Crippen MR) is 73.2 cm³/mol. The summed E-state index contributed by atoms with van der Waals surface area (Å²) >= 11 is 5.88. The molecule has 18 heavy (non-hydrogen) atoms. The number of nitrogens with zero attached hydrogens (tertiary/aromatic N) is 2. The smallest absolute Gasteiger partial charge is 0.0790 e. The number of hydrogen-bond acceptors (Lipinski definition) is 2. The van der Waals surface area contributed by atoms with Crippen molar-refractivity contribution in [1.82, 2.24) is 15.1 Å². The summed E-state index contributed by atoms with van der Waals surface area (Å²) in [6.45, 7) is 3.09. The van der Waals surface area contributed by atoms with E-state index in [1.54, 1.807) is 10.9 Å². The number of nitrogens with one attached hydrogen (secondary N) is 1. The Morgan fingerprint density at radius 1 is 1.44 bits per heavy atom. The van der Waals surface area contributed by atoms with E-state index in [9.17, 15) is 0 Å². The standard InChI is InChI=1S/C14H16ClN3/c1-10-6-14(18-9-12(15)8-17-18)5-2-11(10)7-16-13-3-4-13/h2,5-6,8-9,13,16H,3-4,7H2,1H3. The Morgan fingerprint density at radius 3 is 2.89 bits per heavy atom. The van der Waals surface area contributed by atoms with Gasteiger partial charge in [-0.15, -0.1) is 0 Å². The van der Waals surface area contributed by atoms with Gasteiger partial charge in [0.15, 0.2) is 0 Å². The van der Waals surface area contributed by atoms with Gasteiger partial charge >= 0.3 is 0 Å². The highest BCUT2D eigenvalue weighted by molar-refractivity contribution is 6.30. The fourth-order valence-corrected chi connectivity index (χ4v) is 2.14. The molecule has 0 radical (unpaired) electrons. The number of hydrogen-bond donors (Lipinski definition) is 1. The normalized spacial score (nSPS) is 15.0. The largest absolute Gasteiger partial charge is 0.310 e. The molecule has 1 aromatic carbocycles. The highest BCUT2D eigenvalue weighted by atomic mass is 35.5. The number of aromatic nitrogens is 2. The fourth-order valence-electron chi connectivity index (χ4n) is 2.00. The third kappa shape index (κ3) is 2.57. The molecule has 3 rings (SSSR count). The number of rotatable bonds is 4. The zero-order chi connectivity index (χ0) is 12.5. The van der Waals surface area contributed by atoms with E-state index in [0.717, 1.165) is 18.3 Å². The maximum Gasteiger partial charge on any atom is 0.0790 e. The topological polar surface area (TPSA) is 29.9 Å². The average Bonchev–Trinajstić information content (AvgIpc) is 3.08. The van der Waals surface area contributed by atoms with Crippen LogP contribution in [-0.2, 0) is 6.54 Å². The highest BCUT2D eigenvalue weighted by Crippen LogP contribution is 2.21. The lowest BCUT2D eigenvalue weighted by atomic mass is 10.1. The maximum atomic E-state index is 5.88. The molecule has 2 aromatic rings. The Kier molecular flexibility index (Phi) is 3.10. The van der Waals surface area contributed by atoms with Gasteiger partial charge in [-0.2, -0.15) is 5.10 Å². The van der Waals surface area contributed by atoms with Crippen LogP contribution in [0.2, 0.25) is 5.02 Å². The van der Waals surface area contributed by atoms with Gasteiger partial charge in [0.2, 0.25) is 0 Å². The van der Waals surface area contributed by atoms with Crippen molar-refractivity contribution in [3.8, 4) is 5.69 Å². The van der Waals surface area contributed by atoms with Crippen LogP contribution in [0.25, 0.3) is 5.69 Å². The molecule has 0 bridgehead atoms. The molecule has 1 aliphatic rings. The molecule has 1 heterocycles. The van der Waals surface area contributed by atoms with Gasteiger partial charge < -0.3 is 5.32 Å². The van der Waals surface area contributed by atoms with Crippen molar-refractivity contribution in [2.24, 2.45) is 0 Å². The van der Waals surface area contributed by atoms with Gasteiger partial charge in [-0.25, -0.2) is 4.68 Å². The third-order valence-corrected chi connectivity index (χ3v) is 3.50. The molecule has 1 saturated carbocycles. The monoisotopic (exact) mass is 261 g/mol. The zero-order valence-electron chi connectivity index (χ0n) is 10.4. The molecule has 0 atom stereocenters. The Labute approximate surface area is 112 Å². The molecular weight excluding hydrogens is 246 g/mol. The van der Waals surface area contributed by atoms with Gasteiger partial charge in [0.25, 0.3) is 0 Å². The van der Waals surface area contributed by atoms with Crippen molar-refractivity contribution in [1.29, 1.82) is 0 Å². The van der Waals surface area contributed by atoms with E-state index in [1.807, 2.05) is 6.20 Å². The van der Waals surface area contributed by atoms with Crippen molar-refractivity contribution in [3.05, 3.63) is 46.7 Å². The molecular formula is C14H16ClN3. The molecule has 0 spiro atoms. The molecule has 0 saturated heterocycles. The summed E-state index contributed by atoms with van der Waals surface area (Å²) in [5.41, 5.74) is 3.69. The van der Waals surface area contributed by atoms with E-state index >= 15 is 0 Å². The first-order chi connectivity index (χ1) is 8.72. The lowest BCUT2D eigenvalue weighted by molar-refractivity contribution is 0.685. The molecule has 3 nitrogen and oxygen atoms in total. The van der Waals surface area contributed by atoms with E-state index in [4.69, 9.17) is 11.6 Å². The lowest BCUT2D eigenvalue weighted by Crippen LogP contribution is -2.16. The van der Waals surface area contributed by atoms with Crippen LogP contribution in [0.15, 0.2) is 30.6 Å². The minimum atomic E-state index is 0.659. The van der Waals surface area contributed by atoms with Gasteiger partial charge in [-0.3, -0.25) is 0 Å². The number of benzene rings is 1. The average molecular weight is 262 g/mol. The van der Waals surface area contributed by atoms with Gasteiger partial charge in [-0.1, -0.05) is 17.7 Å². The molecule has 0 unspecified atom stereocenters. The van der Waals surface area contributed by atoms with E-state index in [-0.39, 0.29) is 0 Å². The fraction of sp³-hybridized carbons (Fsp3) is 0.357. The van der Waals surface area contributed by atoms with Crippen LogP contribution < -0.4 is 5.32 Å². The molecule has 1 N–H and O–H groups in total. The molecule has 94 valence electrons. The van der Waals surface area contributed by atoms with Crippen molar-refractivity contribution in [2.75, 3.05) is 0 Å². The summed E-state index contributed by atoms with van der Waals surface area (Å²) in [5.74, 6) is 0. The molecule has 1 aliphatic carbocycles. The number of halogens is 1. The van der Waals surface area contributed by atoms with Gasteiger partial charge in [0.1, 0.15) is 0 Å². The maximum absolute atomic E-state index is 5.88. The van der Waals surface area contributed by atoms with Crippen LogP contribution in [-0.4, -0.2) is 15.8 Å². The third-order valence-electron chi connectivity index (χ3n) is 3.30. The Morgan fingerprint density at radius 2 is 2.28 bits per heavy atom. The van der Waals surface area contributed by atoms with E-state index in [0.29, 0.717) is 5.02 Å². The Balaban J connectivity index is 1.79. The quantitative estimate of drug-likeness (QED) is 0.917. The van der Waals surface area contributed by atoms with Crippen molar-refractivity contribution in [2.45, 2.75) is 32.4 Å². The number of aryl methyl sites for hydroxylation is 1. The Hall–Kier alpha value is -1.32. The van der Waals surface area contributed by atoms with Crippen LogP contribution >= 0.6 is 11.6 Å². The van der Waals surface area contributed by atoms with Crippen LogP contribution in [0, 0.1) is 6.92 Å². The molecule has 1 fully saturated rings. The second kappa shape index (κ2) is 4.75. The predicted octanol–water partition coefficient (Wildman–Crippen LogP) is 3.09. The molecule has 0 amide bonds. The molecule has 1 aromatic heterocycles. The first-order valence-corrected chi connectivity index (χ1v) is 6.63. The van der Waals surface area contributed by atoms with Crippen molar-refractivity contribution >= 4 is 11.6 Å². The van der Waals surface area contributed by atoms with Crippen molar-refractivity contribution < 1.29 is 0 Å². The summed E-state index contributed by atoms with van der Waals surface area (Å²) in [7, 11) is 0. The summed E-state index contributed by atoms with van der Waals surface area (Å²) in [6, 6.07) is 7.14. The minimum absolute atomic E-state index is 0.659. The minimum Gasteiger partial charge on any atom is -0.310 e. The summed E-state index contributed by atoms with van der Waals surface area (Å²) in [4.78, 5) is 0. The first-order valence-electron chi connectivity index (χ1n) is 6.26. The van der Waals surface area contributed by atoms with Crippen LogP contribution in [0.3, 0.4) is 0 Å². The van der Waals surface area contributed by atoms with E-state index < -0.39 is 0 Å². The van der Waals surface area contributed by atoms with Crippen LogP contribution in [0.1, 0.15) is 24.0 Å². The van der Waals surface area contributed by atoms with E-state index in [2.05, 4.69) is 35.5 Å². The summed E-state index contributed by atoms with van der Waals surface area (Å²) < 4.78 is 1.80. The molecule has 4 heteroatoms. The van der Waals surface area contributed by atoms with E-state index in [1.165, 1.54) is 24.0 Å². The zero-order valence-corrected chi connectivity index (χ0v) is 11.1. The summed E-state index contributed by atoms with van der Waals surface area (Å²) in [5, 5.41) is 8.40. The first kappa shape index (κ1) is 11.8. The SMILES string of the molecule is Cc1cc(-n2cc(Cl)cn2)ccc1CNC1CC1.